The summed E-state index contributed by atoms with van der Waals surface area (Å²) < 4.78 is 18.1. The molecule has 1 aliphatic carbocycles. The number of alkyl halides is 1. The second kappa shape index (κ2) is 7.54. The van der Waals surface area contributed by atoms with Crippen molar-refractivity contribution in [1.82, 2.24) is 5.32 Å². The van der Waals surface area contributed by atoms with Crippen LogP contribution in [0.5, 0.6) is 0 Å². The largest absolute Gasteiger partial charge is 0.467 e. The van der Waals surface area contributed by atoms with Crippen LogP contribution in [-0.4, -0.2) is 37.1 Å². The van der Waals surface area contributed by atoms with Crippen molar-refractivity contribution >= 4 is 29.1 Å². The number of primary amides is 1. The van der Waals surface area contributed by atoms with Gasteiger partial charge in [0.1, 0.15) is 6.04 Å². The second-order valence-corrected chi connectivity index (χ2v) is 6.38. The van der Waals surface area contributed by atoms with Crippen molar-refractivity contribution in [2.45, 2.75) is 44.3 Å². The van der Waals surface area contributed by atoms with E-state index in [-0.39, 0.29) is 0 Å². The summed E-state index contributed by atoms with van der Waals surface area (Å²) in [4.78, 5) is 36.1. The number of carbonyl (C=O) groups is 3. The highest BCUT2D eigenvalue weighted by molar-refractivity contribution is 7.10. The van der Waals surface area contributed by atoms with E-state index in [9.17, 15) is 18.8 Å². The van der Waals surface area contributed by atoms with Crippen LogP contribution in [0.3, 0.4) is 0 Å². The van der Waals surface area contributed by atoms with Gasteiger partial charge in [0.25, 0.3) is 11.8 Å². The smallest absolute Gasteiger partial charge is 0.328 e. The zero-order valence-corrected chi connectivity index (χ0v) is 13.6. The molecular weight excluding hydrogens is 323 g/mol. The second-order valence-electron chi connectivity index (χ2n) is 5.41. The van der Waals surface area contributed by atoms with Crippen LogP contribution in [0, 0.1) is 0 Å². The molecule has 2 atom stereocenters. The summed E-state index contributed by atoms with van der Waals surface area (Å²) in [5.74, 6) is -2.45. The van der Waals surface area contributed by atoms with Crippen molar-refractivity contribution in [3.8, 4) is 0 Å². The van der Waals surface area contributed by atoms with Crippen molar-refractivity contribution in [3.63, 3.8) is 0 Å². The van der Waals surface area contributed by atoms with Gasteiger partial charge in [-0.2, -0.15) is 0 Å². The third-order valence-corrected chi connectivity index (χ3v) is 4.94. The van der Waals surface area contributed by atoms with Crippen LogP contribution in [-0.2, 0) is 27.2 Å². The van der Waals surface area contributed by atoms with Crippen molar-refractivity contribution < 1.29 is 23.5 Å². The zero-order valence-electron chi connectivity index (χ0n) is 12.8. The molecule has 1 heterocycles. The van der Waals surface area contributed by atoms with Gasteiger partial charge in [-0.25, -0.2) is 9.18 Å². The van der Waals surface area contributed by atoms with Gasteiger partial charge >= 0.3 is 5.97 Å². The number of amides is 2. The molecule has 0 bridgehead atoms. The standard InChI is InChI=1S/C15H19FN2O4S/c1-22-15(21)11(6-10(16)13(17)19)18-14(20)9-7-23-12-5-3-2-4-8(9)12/h7,10-11H,2-6H2,1H3,(H2,17,19)(H,18,20)/t10-,11-/m0/s1. The van der Waals surface area contributed by atoms with Crippen LogP contribution >= 0.6 is 11.3 Å². The maximum atomic E-state index is 13.5. The average molecular weight is 342 g/mol. The Morgan fingerprint density at radius 3 is 2.74 bits per heavy atom. The molecule has 126 valence electrons. The Labute approximate surface area is 137 Å². The lowest BCUT2D eigenvalue weighted by atomic mass is 9.95. The number of aryl methyl sites for hydroxylation is 1. The number of nitrogens with two attached hydrogens (primary N) is 1. The first kappa shape index (κ1) is 17.4. The predicted octanol–water partition coefficient (Wildman–Crippen LogP) is 1.11. The number of ether oxygens (including phenoxy) is 1. The molecule has 1 aliphatic rings. The molecule has 0 spiro atoms. The summed E-state index contributed by atoms with van der Waals surface area (Å²) in [6.07, 6.45) is 1.30. The van der Waals surface area contributed by atoms with Crippen LogP contribution in [0.15, 0.2) is 5.38 Å². The van der Waals surface area contributed by atoms with Gasteiger partial charge in [-0.15, -0.1) is 11.3 Å². The molecule has 0 aromatic carbocycles. The van der Waals surface area contributed by atoms with E-state index in [1.54, 1.807) is 5.38 Å². The number of hydrogen-bond donors (Lipinski definition) is 2. The lowest BCUT2D eigenvalue weighted by Gasteiger charge is -2.18. The molecule has 0 fully saturated rings. The van der Waals surface area contributed by atoms with E-state index in [0.717, 1.165) is 38.4 Å². The molecule has 1 aromatic heterocycles. The van der Waals surface area contributed by atoms with Gasteiger partial charge in [0.2, 0.25) is 0 Å². The molecule has 2 rings (SSSR count). The Morgan fingerprint density at radius 1 is 1.39 bits per heavy atom. The maximum absolute atomic E-state index is 13.5. The highest BCUT2D eigenvalue weighted by Crippen LogP contribution is 2.30. The highest BCUT2D eigenvalue weighted by atomic mass is 32.1. The molecule has 6 nitrogen and oxygen atoms in total. The number of hydrogen-bond acceptors (Lipinski definition) is 5. The van der Waals surface area contributed by atoms with Crippen molar-refractivity contribution in [1.29, 1.82) is 0 Å². The highest BCUT2D eigenvalue weighted by Gasteiger charge is 2.30. The molecule has 23 heavy (non-hydrogen) atoms. The Morgan fingerprint density at radius 2 is 2.09 bits per heavy atom. The quantitative estimate of drug-likeness (QED) is 0.757. The van der Waals surface area contributed by atoms with Gasteiger partial charge < -0.3 is 15.8 Å². The van der Waals surface area contributed by atoms with Crippen LogP contribution in [0.2, 0.25) is 0 Å². The fourth-order valence-electron chi connectivity index (χ4n) is 2.60. The van der Waals surface area contributed by atoms with E-state index in [2.05, 4.69) is 10.1 Å². The summed E-state index contributed by atoms with van der Waals surface area (Å²) in [7, 11) is 1.13. The van der Waals surface area contributed by atoms with Gasteiger partial charge in [-0.1, -0.05) is 0 Å². The molecule has 0 unspecified atom stereocenters. The number of thiophene rings is 1. The van der Waals surface area contributed by atoms with E-state index < -0.39 is 36.4 Å². The van der Waals surface area contributed by atoms with Crippen LogP contribution in [0.1, 0.15) is 40.1 Å². The number of fused-ring (bicyclic) bond motifs is 1. The molecule has 0 aliphatic heterocycles. The van der Waals surface area contributed by atoms with Gasteiger partial charge in [0.05, 0.1) is 12.7 Å². The Bertz CT molecular complexity index is 617. The summed E-state index contributed by atoms with van der Waals surface area (Å²) in [5, 5.41) is 4.20. The number of halogens is 1. The first-order valence-corrected chi connectivity index (χ1v) is 8.23. The Balaban J connectivity index is 2.12. The lowest BCUT2D eigenvalue weighted by molar-refractivity contribution is -0.143. The third-order valence-electron chi connectivity index (χ3n) is 3.85. The van der Waals surface area contributed by atoms with E-state index >= 15 is 0 Å². The number of nitrogens with one attached hydrogen (secondary N) is 1. The fraction of sp³-hybridized carbons (Fsp3) is 0.533. The summed E-state index contributed by atoms with van der Waals surface area (Å²) in [6.45, 7) is 0. The average Bonchev–Trinajstić information content (AvgIpc) is 2.97. The molecule has 2 amide bonds. The molecule has 0 saturated heterocycles. The van der Waals surface area contributed by atoms with Crippen molar-refractivity contribution in [2.75, 3.05) is 7.11 Å². The number of methoxy groups -OCH3 is 1. The van der Waals surface area contributed by atoms with Gasteiger partial charge in [0, 0.05) is 16.7 Å². The minimum atomic E-state index is -2.03. The number of esters is 1. The SMILES string of the molecule is COC(=O)[C@H](C[C@H](F)C(N)=O)NC(=O)c1csc2c1CCCC2. The van der Waals surface area contributed by atoms with Crippen LogP contribution in [0.25, 0.3) is 0 Å². The van der Waals surface area contributed by atoms with E-state index in [4.69, 9.17) is 5.73 Å². The van der Waals surface area contributed by atoms with Crippen molar-refractivity contribution in [3.05, 3.63) is 21.4 Å². The molecular formula is C15H19FN2O4S. The predicted molar refractivity (Wildman–Crippen MR) is 82.9 cm³/mol. The molecule has 8 heteroatoms. The topological polar surface area (TPSA) is 98.5 Å². The molecule has 3 N–H and O–H groups in total. The van der Waals surface area contributed by atoms with E-state index in [1.165, 1.54) is 16.2 Å². The normalized spacial score (nSPS) is 16.1. The van der Waals surface area contributed by atoms with E-state index in [0.29, 0.717) is 5.56 Å². The molecule has 1 aromatic rings. The lowest BCUT2D eigenvalue weighted by Crippen LogP contribution is -2.45. The number of carbonyl (C=O) groups excluding carboxylic acids is 3. The van der Waals surface area contributed by atoms with Gasteiger partial charge in [0.15, 0.2) is 6.17 Å². The zero-order chi connectivity index (χ0) is 17.0. The summed E-state index contributed by atoms with van der Waals surface area (Å²) >= 11 is 1.52. The summed E-state index contributed by atoms with van der Waals surface area (Å²) in [6, 6.07) is -1.26. The van der Waals surface area contributed by atoms with Gasteiger partial charge in [-0.05, 0) is 31.2 Å². The third kappa shape index (κ3) is 4.07. The minimum Gasteiger partial charge on any atom is -0.467 e. The minimum absolute atomic E-state index is 0.462. The van der Waals surface area contributed by atoms with E-state index in [1.807, 2.05) is 0 Å². The first-order chi connectivity index (χ1) is 10.9. The van der Waals surface area contributed by atoms with Gasteiger partial charge in [-0.3, -0.25) is 9.59 Å². The number of rotatable bonds is 6. The van der Waals surface area contributed by atoms with Crippen molar-refractivity contribution in [2.24, 2.45) is 5.73 Å². The summed E-state index contributed by atoms with van der Waals surface area (Å²) in [5.41, 5.74) is 6.37. The van der Waals surface area contributed by atoms with Crippen LogP contribution < -0.4 is 11.1 Å². The molecule has 0 radical (unpaired) electrons. The molecule has 0 saturated carbocycles. The monoisotopic (exact) mass is 342 g/mol. The Kier molecular flexibility index (Phi) is 5.70. The Hall–Kier alpha value is -1.96. The maximum Gasteiger partial charge on any atom is 0.328 e. The first-order valence-electron chi connectivity index (χ1n) is 7.35. The van der Waals surface area contributed by atoms with Crippen LogP contribution in [0.4, 0.5) is 4.39 Å². The fourth-order valence-corrected chi connectivity index (χ4v) is 3.73.